The van der Waals surface area contributed by atoms with E-state index < -0.39 is 18.3 Å². The van der Waals surface area contributed by atoms with Gasteiger partial charge in [-0.1, -0.05) is 31.6 Å². The number of hydrogen-bond acceptors (Lipinski definition) is 10. The first-order valence-electron chi connectivity index (χ1n) is 17.9. The molecule has 3 saturated carbocycles. The molecular weight excluding hydrogens is 630 g/mol. The highest BCUT2D eigenvalue weighted by molar-refractivity contribution is 5.97. The molecule has 49 heavy (non-hydrogen) atoms. The lowest BCUT2D eigenvalue weighted by Gasteiger charge is -2.57. The Hall–Kier alpha value is -3.12. The lowest BCUT2D eigenvalue weighted by atomic mass is 9.48. The van der Waals surface area contributed by atoms with Crippen LogP contribution in [0, 0.1) is 28.6 Å². The van der Waals surface area contributed by atoms with Gasteiger partial charge in [-0.3, -0.25) is 14.4 Å². The zero-order valence-corrected chi connectivity index (χ0v) is 28.9. The molecule has 0 aliphatic heterocycles. The number of carbonyl (C=O) groups is 4. The molecule has 4 aliphatic rings. The molecule has 0 bridgehead atoms. The summed E-state index contributed by atoms with van der Waals surface area (Å²) in [5, 5.41) is 32.2. The van der Waals surface area contributed by atoms with Gasteiger partial charge < -0.3 is 34.8 Å². The Bertz CT molecular complexity index is 1410. The van der Waals surface area contributed by atoms with E-state index in [0.29, 0.717) is 37.1 Å². The van der Waals surface area contributed by atoms with Gasteiger partial charge in [-0.25, -0.2) is 4.79 Å². The first kappa shape index (κ1) is 37.1. The van der Waals surface area contributed by atoms with Crippen LogP contribution in [0.4, 0.5) is 5.69 Å². The Morgan fingerprint density at radius 3 is 2.55 bits per heavy atom. The molecule has 3 fully saturated rings. The quantitative estimate of drug-likeness (QED) is 0.0610. The average molecular weight is 684 g/mol. The van der Waals surface area contributed by atoms with E-state index in [1.807, 2.05) is 0 Å². The highest BCUT2D eigenvalue weighted by Gasteiger charge is 2.59. The number of ketones is 1. The van der Waals surface area contributed by atoms with Crippen molar-refractivity contribution in [3.05, 3.63) is 34.9 Å². The molecule has 1 amide bonds. The van der Waals surface area contributed by atoms with Gasteiger partial charge in [0.05, 0.1) is 37.2 Å². The van der Waals surface area contributed by atoms with Crippen molar-refractivity contribution in [2.24, 2.45) is 28.6 Å². The number of hydrogen-bond donors (Lipinski definition) is 4. The predicted octanol–water partition coefficient (Wildman–Crippen LogP) is 5.03. The van der Waals surface area contributed by atoms with Crippen LogP contribution in [-0.4, -0.2) is 77.9 Å². The standard InChI is InChI=1S/C38H53NO10/c1-37-15-13-27(43)20-25(37)6-8-28-30-9-11-33(38(30,2)16-14-31(28)37)49-35(45)23-48-19-18-47-17-3-4-26(42)7-12-34(44)39-32-10-5-24(21-40)29(22-41)36(32)46/h5-6,10,22,27-28,30-31,33,40,43,46H,3-4,7-9,11-21,23H2,1-2H3,(H,39,44)/t27-,28?,30?,31?,33-,37-,38-/m1/s1. The van der Waals surface area contributed by atoms with Gasteiger partial charge in [0.15, 0.2) is 6.29 Å². The molecule has 7 atom stereocenters. The smallest absolute Gasteiger partial charge is 0.332 e. The normalized spacial score (nSPS) is 30.4. The number of nitrogens with one attached hydrogen (secondary N) is 1. The second-order valence-electron chi connectivity index (χ2n) is 14.9. The molecule has 3 unspecified atom stereocenters. The molecule has 4 N–H and O–H groups in total. The second kappa shape index (κ2) is 16.3. The predicted molar refractivity (Wildman–Crippen MR) is 181 cm³/mol. The molecule has 0 saturated heterocycles. The van der Waals surface area contributed by atoms with Crippen molar-refractivity contribution >= 4 is 29.6 Å². The van der Waals surface area contributed by atoms with Crippen LogP contribution in [0.2, 0.25) is 0 Å². The van der Waals surface area contributed by atoms with Crippen molar-refractivity contribution in [2.75, 3.05) is 31.7 Å². The number of esters is 1. The number of allylic oxidation sites excluding steroid dienone is 1. The van der Waals surface area contributed by atoms with E-state index in [2.05, 4.69) is 25.2 Å². The third kappa shape index (κ3) is 8.27. The number of carbonyl (C=O) groups excluding carboxylic acids is 4. The Balaban J connectivity index is 0.929. The third-order valence-corrected chi connectivity index (χ3v) is 12.1. The number of phenolic OH excluding ortho intramolecular Hbond substituents is 1. The molecule has 270 valence electrons. The monoisotopic (exact) mass is 683 g/mol. The highest BCUT2D eigenvalue weighted by atomic mass is 16.6. The number of aromatic hydroxyl groups is 1. The number of amides is 1. The molecule has 11 heteroatoms. The van der Waals surface area contributed by atoms with E-state index >= 15 is 0 Å². The number of aliphatic hydroxyl groups is 2. The number of rotatable bonds is 16. The van der Waals surface area contributed by atoms with Gasteiger partial charge in [0.1, 0.15) is 24.2 Å². The number of ether oxygens (including phenoxy) is 3. The summed E-state index contributed by atoms with van der Waals surface area (Å²) in [5.41, 5.74) is 1.82. The minimum absolute atomic E-state index is 0.0196. The summed E-state index contributed by atoms with van der Waals surface area (Å²) >= 11 is 0. The van der Waals surface area contributed by atoms with E-state index in [1.54, 1.807) is 0 Å². The summed E-state index contributed by atoms with van der Waals surface area (Å²) in [4.78, 5) is 48.4. The topological polar surface area (TPSA) is 169 Å². The van der Waals surface area contributed by atoms with Gasteiger partial charge in [0.2, 0.25) is 5.91 Å². The molecule has 11 nitrogen and oxygen atoms in total. The lowest BCUT2D eigenvalue weighted by molar-refractivity contribution is -0.165. The summed E-state index contributed by atoms with van der Waals surface area (Å²) in [6.07, 6.45) is 11.2. The maximum absolute atomic E-state index is 12.7. The van der Waals surface area contributed by atoms with E-state index in [9.17, 15) is 34.5 Å². The van der Waals surface area contributed by atoms with Crippen LogP contribution >= 0.6 is 0 Å². The van der Waals surface area contributed by atoms with Gasteiger partial charge in [-0.05, 0) is 92.6 Å². The maximum atomic E-state index is 12.7. The number of aldehydes is 1. The fourth-order valence-electron chi connectivity index (χ4n) is 9.34. The summed E-state index contributed by atoms with van der Waals surface area (Å²) in [6, 6.07) is 2.82. The van der Waals surface area contributed by atoms with E-state index in [0.717, 1.165) is 51.4 Å². The average Bonchev–Trinajstić information content (AvgIpc) is 3.41. The Labute approximate surface area is 288 Å². The van der Waals surface area contributed by atoms with Crippen LogP contribution < -0.4 is 5.32 Å². The van der Waals surface area contributed by atoms with Crippen LogP contribution in [0.3, 0.4) is 0 Å². The van der Waals surface area contributed by atoms with Crippen molar-refractivity contribution in [2.45, 2.75) is 110 Å². The van der Waals surface area contributed by atoms with Crippen molar-refractivity contribution < 1.29 is 48.7 Å². The van der Waals surface area contributed by atoms with Crippen molar-refractivity contribution in [1.29, 1.82) is 0 Å². The first-order valence-corrected chi connectivity index (χ1v) is 17.9. The van der Waals surface area contributed by atoms with Crippen LogP contribution in [0.5, 0.6) is 5.75 Å². The highest BCUT2D eigenvalue weighted by Crippen LogP contribution is 2.65. The van der Waals surface area contributed by atoms with Gasteiger partial charge in [-0.2, -0.15) is 0 Å². The number of benzene rings is 1. The van der Waals surface area contributed by atoms with Crippen LogP contribution in [0.25, 0.3) is 0 Å². The van der Waals surface area contributed by atoms with Crippen molar-refractivity contribution in [3.63, 3.8) is 0 Å². The zero-order chi connectivity index (χ0) is 35.2. The van der Waals surface area contributed by atoms with Gasteiger partial charge in [0.25, 0.3) is 0 Å². The molecule has 0 spiro atoms. The SMILES string of the molecule is C[C@@]12CC[C@@H](O)CC1=CCC1C2CC[C@]2(C)C1CC[C@H]2OC(=O)COCCOCCCC(=O)CCC(=O)Nc1ccc(CO)c(C=O)c1O. The fraction of sp³-hybridized carbons (Fsp3) is 0.684. The van der Waals surface area contributed by atoms with E-state index in [1.165, 1.54) is 17.7 Å². The van der Waals surface area contributed by atoms with Crippen molar-refractivity contribution in [1.82, 2.24) is 0 Å². The van der Waals surface area contributed by atoms with Gasteiger partial charge >= 0.3 is 5.97 Å². The van der Waals surface area contributed by atoms with Gasteiger partial charge in [0, 0.05) is 31.3 Å². The summed E-state index contributed by atoms with van der Waals surface area (Å²) in [7, 11) is 0. The molecular formula is C38H53NO10. The number of phenols is 1. The maximum Gasteiger partial charge on any atom is 0.332 e. The van der Waals surface area contributed by atoms with Crippen LogP contribution in [0.15, 0.2) is 23.8 Å². The fourth-order valence-corrected chi connectivity index (χ4v) is 9.34. The Kier molecular flexibility index (Phi) is 12.3. The minimum Gasteiger partial charge on any atom is -0.505 e. The number of Topliss-reactive ketones (excluding diaryl/α,β-unsaturated/α-hetero) is 1. The Morgan fingerprint density at radius 2 is 1.78 bits per heavy atom. The van der Waals surface area contributed by atoms with Crippen LogP contribution in [0.1, 0.15) is 107 Å². The third-order valence-electron chi connectivity index (χ3n) is 12.1. The molecule has 0 radical (unpaired) electrons. The summed E-state index contributed by atoms with van der Waals surface area (Å²) in [6.45, 7) is 5.04. The van der Waals surface area contributed by atoms with Crippen molar-refractivity contribution in [3.8, 4) is 5.75 Å². The van der Waals surface area contributed by atoms with E-state index in [4.69, 9.17) is 14.2 Å². The Morgan fingerprint density at radius 1 is 0.980 bits per heavy atom. The lowest BCUT2D eigenvalue weighted by Crippen LogP contribution is -2.51. The first-order chi connectivity index (χ1) is 23.5. The number of anilines is 1. The number of aliphatic hydroxyl groups excluding tert-OH is 2. The van der Waals surface area contributed by atoms with Crippen LogP contribution in [-0.2, 0) is 35.2 Å². The minimum atomic E-state index is -0.477. The van der Waals surface area contributed by atoms with E-state index in [-0.39, 0.29) is 90.7 Å². The summed E-state index contributed by atoms with van der Waals surface area (Å²) < 4.78 is 17.1. The molecule has 4 aliphatic carbocycles. The van der Waals surface area contributed by atoms with Gasteiger partial charge in [-0.15, -0.1) is 0 Å². The number of fused-ring (bicyclic) bond motifs is 5. The zero-order valence-electron chi connectivity index (χ0n) is 28.9. The molecule has 5 rings (SSSR count). The summed E-state index contributed by atoms with van der Waals surface area (Å²) in [5.74, 6) is 0.427. The molecule has 1 aromatic carbocycles. The molecule has 0 heterocycles. The second-order valence-corrected chi connectivity index (χ2v) is 14.9. The molecule has 0 aromatic heterocycles. The molecule has 1 aromatic rings. The largest absolute Gasteiger partial charge is 0.505 e.